The number of fused-ring (bicyclic) bond motifs is 1. The van der Waals surface area contributed by atoms with Crippen molar-refractivity contribution in [3.8, 4) is 29.0 Å². The number of H-pyrrole nitrogens is 1. The molecule has 7 rings (SSSR count). The van der Waals surface area contributed by atoms with Gasteiger partial charge >= 0.3 is 6.18 Å². The molecule has 0 bridgehead atoms. The fourth-order valence-electron chi connectivity index (χ4n) is 6.40. The smallest absolute Gasteiger partial charge is 0.444 e. The van der Waals surface area contributed by atoms with Gasteiger partial charge in [0, 0.05) is 48.3 Å². The number of pyridine rings is 1. The number of para-hydroxylation sites is 1. The van der Waals surface area contributed by atoms with Gasteiger partial charge in [0.1, 0.15) is 12.0 Å². The number of benzene rings is 2. The third-order valence-corrected chi connectivity index (χ3v) is 9.36. The number of halogens is 6. The Morgan fingerprint density at radius 1 is 1.17 bits per heavy atom. The van der Waals surface area contributed by atoms with Gasteiger partial charge in [-0.1, -0.05) is 23.7 Å². The quantitative estimate of drug-likeness (QED) is 0.203. The maximum absolute atomic E-state index is 16.0. The predicted octanol–water partition coefficient (Wildman–Crippen LogP) is 7.50. The molecule has 1 N–H and O–H groups in total. The first kappa shape index (κ1) is 31.3. The van der Waals surface area contributed by atoms with Gasteiger partial charge < -0.3 is 9.47 Å². The van der Waals surface area contributed by atoms with Crippen LogP contribution in [-0.2, 0) is 24.9 Å². The molecule has 2 fully saturated rings. The van der Waals surface area contributed by atoms with E-state index in [1.807, 2.05) is 10.00 Å². The number of aromatic nitrogens is 4. The van der Waals surface area contributed by atoms with E-state index in [4.69, 9.17) is 21.1 Å². The zero-order valence-corrected chi connectivity index (χ0v) is 25.8. The van der Waals surface area contributed by atoms with Crippen molar-refractivity contribution in [3.05, 3.63) is 87.7 Å². The summed E-state index contributed by atoms with van der Waals surface area (Å²) in [4.78, 5) is 10.1. The molecule has 2 aliphatic heterocycles. The van der Waals surface area contributed by atoms with Crippen LogP contribution < -0.4 is 9.47 Å². The Labute approximate surface area is 271 Å². The monoisotopic (exact) mass is 670 g/mol. The summed E-state index contributed by atoms with van der Waals surface area (Å²) >= 11 is 5.93. The Morgan fingerprint density at radius 3 is 2.66 bits per heavy atom. The predicted molar refractivity (Wildman–Crippen MR) is 160 cm³/mol. The van der Waals surface area contributed by atoms with Crippen LogP contribution in [0, 0.1) is 22.6 Å². The number of piperidine rings is 1. The van der Waals surface area contributed by atoms with E-state index in [-0.39, 0.29) is 35.1 Å². The van der Waals surface area contributed by atoms with Crippen LogP contribution in [-0.4, -0.2) is 44.3 Å². The molecule has 47 heavy (non-hydrogen) atoms. The summed E-state index contributed by atoms with van der Waals surface area (Å²) in [5.41, 5.74) is 1.84. The highest BCUT2D eigenvalue weighted by molar-refractivity contribution is 6.30. The summed E-state index contributed by atoms with van der Waals surface area (Å²) in [5.74, 6) is -3.16. The molecule has 244 valence electrons. The minimum atomic E-state index is -4.68. The Morgan fingerprint density at radius 2 is 1.98 bits per heavy atom. The highest BCUT2D eigenvalue weighted by atomic mass is 35.5. The molecule has 4 aromatic rings. The van der Waals surface area contributed by atoms with E-state index in [1.165, 1.54) is 18.3 Å². The molecule has 0 amide bonds. The van der Waals surface area contributed by atoms with Gasteiger partial charge in [0.25, 0.3) is 5.79 Å². The molecule has 14 heteroatoms. The van der Waals surface area contributed by atoms with Gasteiger partial charge in [-0.2, -0.15) is 23.5 Å². The second-order valence-electron chi connectivity index (χ2n) is 12.5. The van der Waals surface area contributed by atoms with Crippen LogP contribution >= 0.6 is 11.6 Å². The minimum absolute atomic E-state index is 0.0837. The fraction of sp³-hybridized carbons (Fsp3) is 0.394. The molecule has 1 aliphatic carbocycles. The average Bonchev–Trinajstić information content (AvgIpc) is 3.42. The van der Waals surface area contributed by atoms with E-state index >= 15 is 4.39 Å². The zero-order valence-electron chi connectivity index (χ0n) is 25.0. The van der Waals surface area contributed by atoms with Crippen LogP contribution in [0.3, 0.4) is 0 Å². The molecule has 3 aliphatic rings. The fourth-order valence-corrected chi connectivity index (χ4v) is 6.56. The van der Waals surface area contributed by atoms with Crippen molar-refractivity contribution in [1.82, 2.24) is 25.1 Å². The number of hydrogen-bond donors (Lipinski definition) is 1. The Bertz CT molecular complexity index is 1890. The molecular formula is C33H28ClF5N6O2. The van der Waals surface area contributed by atoms with Crippen LogP contribution in [0.1, 0.15) is 60.3 Å². The van der Waals surface area contributed by atoms with E-state index in [1.54, 1.807) is 37.3 Å². The summed E-state index contributed by atoms with van der Waals surface area (Å²) in [7, 11) is 0. The third kappa shape index (κ3) is 6.00. The van der Waals surface area contributed by atoms with Crippen molar-refractivity contribution in [2.24, 2.45) is 5.41 Å². The Balaban J connectivity index is 1.09. The van der Waals surface area contributed by atoms with Gasteiger partial charge in [-0.15, -0.1) is 0 Å². The number of aromatic amines is 1. The van der Waals surface area contributed by atoms with E-state index in [0.717, 1.165) is 0 Å². The molecule has 4 heterocycles. The lowest BCUT2D eigenvalue weighted by Gasteiger charge is -2.35. The summed E-state index contributed by atoms with van der Waals surface area (Å²) in [6.45, 7) is 2.48. The number of nitrogens with zero attached hydrogens (tertiary/aromatic N) is 5. The van der Waals surface area contributed by atoms with Crippen LogP contribution in [0.15, 0.2) is 48.7 Å². The van der Waals surface area contributed by atoms with Crippen molar-refractivity contribution < 1.29 is 31.4 Å². The number of ether oxygens (including phenoxy) is 2. The van der Waals surface area contributed by atoms with E-state index in [0.29, 0.717) is 60.5 Å². The number of nitrogens with one attached hydrogen (secondary N) is 1. The van der Waals surface area contributed by atoms with Gasteiger partial charge in [-0.05, 0) is 68.1 Å². The van der Waals surface area contributed by atoms with Crippen molar-refractivity contribution in [2.45, 2.75) is 63.2 Å². The maximum Gasteiger partial charge on any atom is 0.451 e. The standard InChI is InChI=1S/C33H28ClF5N6O2/c1-31(23-6-5-20(34)12-24(23)35)46-27-4-2-3-22(28(27)47-31)21-7-10-45(15-25(21)36)16-26-18(13-32(17-40)8-9-32)11-19(14-41-26)29-42-30(44-43-29)33(37,38)39/h2-6,11-12,14,21,25H,7-10,13,15-16H2,1H3,(H,42,43,44)/t21?,25-,31-/m0/s1. The lowest BCUT2D eigenvalue weighted by Crippen LogP contribution is -2.40. The lowest BCUT2D eigenvalue weighted by atomic mass is 9.87. The first-order chi connectivity index (χ1) is 22.4. The summed E-state index contributed by atoms with van der Waals surface area (Å²) in [5, 5.41) is 15.6. The first-order valence-electron chi connectivity index (χ1n) is 15.1. The van der Waals surface area contributed by atoms with E-state index < -0.39 is 41.1 Å². The minimum Gasteiger partial charge on any atom is -0.444 e. The number of hydrogen-bond acceptors (Lipinski definition) is 7. The SMILES string of the molecule is C[C@]1(c2ccc(Cl)cc2F)Oc2cccc(C3CCN(Cc4ncc(-c5n[nH]c(C(F)(F)F)n5)cc4CC4(C#N)CC4)C[C@@H]3F)c2O1. The van der Waals surface area contributed by atoms with Crippen molar-refractivity contribution in [3.63, 3.8) is 0 Å². The Kier molecular flexibility index (Phi) is 7.63. The summed E-state index contributed by atoms with van der Waals surface area (Å²) in [6, 6.07) is 13.5. The van der Waals surface area contributed by atoms with Crippen molar-refractivity contribution in [2.75, 3.05) is 13.1 Å². The molecular weight excluding hydrogens is 643 g/mol. The number of alkyl halides is 4. The first-order valence-corrected chi connectivity index (χ1v) is 15.5. The Hall–Kier alpha value is -4.28. The molecule has 2 aromatic heterocycles. The van der Waals surface area contributed by atoms with Gasteiger partial charge in [0.2, 0.25) is 5.82 Å². The van der Waals surface area contributed by atoms with Gasteiger partial charge in [0.05, 0.1) is 22.7 Å². The van der Waals surface area contributed by atoms with Gasteiger partial charge in [-0.25, -0.2) is 13.8 Å². The highest BCUT2D eigenvalue weighted by Gasteiger charge is 2.45. The second-order valence-corrected chi connectivity index (χ2v) is 12.9. The molecule has 1 saturated carbocycles. The number of likely N-dealkylation sites (tertiary alicyclic amines) is 1. The normalized spacial score (nSPS) is 23.4. The van der Waals surface area contributed by atoms with Gasteiger partial charge in [-0.3, -0.25) is 15.0 Å². The third-order valence-electron chi connectivity index (χ3n) is 9.12. The van der Waals surface area contributed by atoms with Crippen molar-refractivity contribution in [1.29, 1.82) is 5.26 Å². The molecule has 0 spiro atoms. The van der Waals surface area contributed by atoms with Crippen LogP contribution in [0.4, 0.5) is 22.0 Å². The van der Waals surface area contributed by atoms with E-state index in [9.17, 15) is 22.8 Å². The molecule has 1 unspecified atom stereocenters. The molecule has 3 atom stereocenters. The van der Waals surface area contributed by atoms with Gasteiger partial charge in [0.15, 0.2) is 17.3 Å². The lowest BCUT2D eigenvalue weighted by molar-refractivity contribution is -0.144. The second kappa shape index (κ2) is 11.5. The number of rotatable bonds is 7. The topological polar surface area (TPSA) is 100.0 Å². The van der Waals surface area contributed by atoms with Crippen molar-refractivity contribution >= 4 is 11.6 Å². The van der Waals surface area contributed by atoms with Crippen LogP contribution in [0.5, 0.6) is 11.5 Å². The summed E-state index contributed by atoms with van der Waals surface area (Å²) < 4.78 is 82.4. The number of nitriles is 1. The van der Waals surface area contributed by atoms with Crippen LogP contribution in [0.25, 0.3) is 11.4 Å². The molecule has 0 radical (unpaired) electrons. The molecule has 2 aromatic carbocycles. The van der Waals surface area contributed by atoms with E-state index in [2.05, 4.69) is 21.1 Å². The molecule has 1 saturated heterocycles. The maximum atomic E-state index is 16.0. The average molecular weight is 671 g/mol. The largest absolute Gasteiger partial charge is 0.451 e. The van der Waals surface area contributed by atoms with Crippen LogP contribution in [0.2, 0.25) is 5.02 Å². The zero-order chi connectivity index (χ0) is 33.1. The molecule has 8 nitrogen and oxygen atoms in total. The summed E-state index contributed by atoms with van der Waals surface area (Å²) in [6.07, 6.45) is -2.33. The highest BCUT2D eigenvalue weighted by Crippen LogP contribution is 2.51.